The number of nitrogens with zero attached hydrogens (tertiary/aromatic N) is 2. The summed E-state index contributed by atoms with van der Waals surface area (Å²) in [6.45, 7) is 5.75. The third kappa shape index (κ3) is 4.13. The number of hydrogen-bond donors (Lipinski definition) is 0. The van der Waals surface area contributed by atoms with Gasteiger partial charge in [-0.2, -0.15) is 0 Å². The first-order valence-electron chi connectivity index (χ1n) is 9.55. The van der Waals surface area contributed by atoms with Crippen molar-refractivity contribution in [2.75, 3.05) is 31.2 Å². The topological polar surface area (TPSA) is 76.2 Å². The van der Waals surface area contributed by atoms with Crippen molar-refractivity contribution in [2.45, 2.75) is 39.2 Å². The van der Waals surface area contributed by atoms with E-state index in [9.17, 15) is 14.4 Å². The van der Waals surface area contributed by atoms with E-state index in [1.54, 1.807) is 31.2 Å². The van der Waals surface area contributed by atoms with Gasteiger partial charge >= 0.3 is 5.97 Å². The summed E-state index contributed by atoms with van der Waals surface area (Å²) in [6, 6.07) is 6.44. The minimum atomic E-state index is -0.513. The summed E-state index contributed by atoms with van der Waals surface area (Å²) in [4.78, 5) is 40.7. The Kier molecular flexibility index (Phi) is 6.11. The lowest BCUT2D eigenvalue weighted by atomic mass is 9.96. The number of carbonyl (C=O) groups excluding carboxylic acids is 3. The molecule has 27 heavy (non-hydrogen) atoms. The van der Waals surface area contributed by atoms with E-state index in [1.807, 2.05) is 11.8 Å². The fourth-order valence-corrected chi connectivity index (χ4v) is 3.77. The molecule has 0 N–H and O–H groups in total. The molecule has 146 valence electrons. The highest BCUT2D eigenvalue weighted by atomic mass is 16.5. The van der Waals surface area contributed by atoms with Gasteiger partial charge in [-0.05, 0) is 57.5 Å². The van der Waals surface area contributed by atoms with Crippen molar-refractivity contribution in [3.8, 4) is 5.75 Å². The number of piperidine rings is 1. The second kappa shape index (κ2) is 8.52. The summed E-state index contributed by atoms with van der Waals surface area (Å²) in [5.74, 6) is -0.199. The first kappa shape index (κ1) is 19.4. The molecule has 2 atom stereocenters. The van der Waals surface area contributed by atoms with Crippen LogP contribution in [0.4, 0.5) is 5.69 Å². The molecule has 0 saturated carbocycles. The Labute approximate surface area is 159 Å². The van der Waals surface area contributed by atoms with E-state index in [1.165, 1.54) is 4.90 Å². The molecule has 2 unspecified atom stereocenters. The SMILES string of the molecule is CCOC(=O)C1CCCN(C2CC(=O)N(c3ccc(OCC)cc3)C2=O)C1. The number of imide groups is 1. The van der Waals surface area contributed by atoms with E-state index >= 15 is 0 Å². The van der Waals surface area contributed by atoms with E-state index in [0.717, 1.165) is 12.8 Å². The lowest BCUT2D eigenvalue weighted by Gasteiger charge is -2.34. The third-order valence-electron chi connectivity index (χ3n) is 5.04. The fourth-order valence-electron chi connectivity index (χ4n) is 3.77. The molecular weight excluding hydrogens is 348 g/mol. The van der Waals surface area contributed by atoms with Crippen LogP contribution in [-0.4, -0.2) is 55.0 Å². The molecule has 2 amide bonds. The lowest BCUT2D eigenvalue weighted by Crippen LogP contribution is -2.48. The Morgan fingerprint density at radius 3 is 2.56 bits per heavy atom. The van der Waals surface area contributed by atoms with Crippen LogP contribution in [-0.2, 0) is 19.1 Å². The van der Waals surface area contributed by atoms with Gasteiger partial charge in [0.1, 0.15) is 5.75 Å². The predicted octanol–water partition coefficient (Wildman–Crippen LogP) is 1.99. The van der Waals surface area contributed by atoms with Gasteiger partial charge < -0.3 is 9.47 Å². The highest BCUT2D eigenvalue weighted by Gasteiger charge is 2.44. The van der Waals surface area contributed by atoms with Crippen LogP contribution in [0, 0.1) is 5.92 Å². The van der Waals surface area contributed by atoms with E-state index in [4.69, 9.17) is 9.47 Å². The zero-order valence-electron chi connectivity index (χ0n) is 15.8. The van der Waals surface area contributed by atoms with Gasteiger partial charge in [-0.3, -0.25) is 19.3 Å². The smallest absolute Gasteiger partial charge is 0.310 e. The fraction of sp³-hybridized carbons (Fsp3) is 0.550. The van der Waals surface area contributed by atoms with Gasteiger partial charge in [0.2, 0.25) is 5.91 Å². The van der Waals surface area contributed by atoms with Crippen molar-refractivity contribution in [2.24, 2.45) is 5.92 Å². The minimum absolute atomic E-state index is 0.140. The molecule has 2 aliphatic heterocycles. The van der Waals surface area contributed by atoms with Crippen molar-refractivity contribution in [3.63, 3.8) is 0 Å². The molecule has 7 heteroatoms. The van der Waals surface area contributed by atoms with Crippen molar-refractivity contribution >= 4 is 23.5 Å². The van der Waals surface area contributed by atoms with E-state index in [0.29, 0.717) is 37.7 Å². The number of hydrogen-bond acceptors (Lipinski definition) is 6. The second-order valence-corrected chi connectivity index (χ2v) is 6.80. The van der Waals surface area contributed by atoms with E-state index in [2.05, 4.69) is 0 Å². The first-order valence-corrected chi connectivity index (χ1v) is 9.55. The normalized spacial score (nSPS) is 23.6. The van der Waals surface area contributed by atoms with Gasteiger partial charge in [0, 0.05) is 6.54 Å². The quantitative estimate of drug-likeness (QED) is 0.560. The number of ether oxygens (including phenoxy) is 2. The van der Waals surface area contributed by atoms with Crippen molar-refractivity contribution < 1.29 is 23.9 Å². The number of anilines is 1. The first-order chi connectivity index (χ1) is 13.0. The van der Waals surface area contributed by atoms with Gasteiger partial charge in [-0.15, -0.1) is 0 Å². The monoisotopic (exact) mass is 374 g/mol. The van der Waals surface area contributed by atoms with Gasteiger partial charge in [0.15, 0.2) is 0 Å². The molecule has 2 fully saturated rings. The largest absolute Gasteiger partial charge is 0.494 e. The van der Waals surface area contributed by atoms with Crippen LogP contribution in [0.15, 0.2) is 24.3 Å². The average molecular weight is 374 g/mol. The zero-order valence-corrected chi connectivity index (χ0v) is 15.8. The number of amides is 2. The summed E-state index contributed by atoms with van der Waals surface area (Å²) in [5, 5.41) is 0. The van der Waals surface area contributed by atoms with Crippen molar-refractivity contribution in [1.82, 2.24) is 4.90 Å². The van der Waals surface area contributed by atoms with Gasteiger partial charge in [0.05, 0.1) is 37.3 Å². The summed E-state index contributed by atoms with van der Waals surface area (Å²) in [6.07, 6.45) is 1.71. The maximum absolute atomic E-state index is 12.9. The van der Waals surface area contributed by atoms with Gasteiger partial charge in [-0.1, -0.05) is 0 Å². The number of esters is 1. The van der Waals surface area contributed by atoms with Crippen molar-refractivity contribution in [1.29, 1.82) is 0 Å². The summed E-state index contributed by atoms with van der Waals surface area (Å²) in [5.41, 5.74) is 0.551. The Balaban J connectivity index is 1.70. The van der Waals surface area contributed by atoms with E-state index < -0.39 is 6.04 Å². The van der Waals surface area contributed by atoms with Crippen LogP contribution in [0.5, 0.6) is 5.75 Å². The van der Waals surface area contributed by atoms with Crippen LogP contribution in [0.25, 0.3) is 0 Å². The number of likely N-dealkylation sites (tertiary alicyclic amines) is 1. The Morgan fingerprint density at radius 1 is 1.15 bits per heavy atom. The Bertz CT molecular complexity index is 703. The molecular formula is C20H26N2O5. The highest BCUT2D eigenvalue weighted by molar-refractivity contribution is 6.22. The Hall–Kier alpha value is -2.41. The minimum Gasteiger partial charge on any atom is -0.494 e. The molecule has 0 spiro atoms. The standard InChI is InChI=1S/C20H26N2O5/c1-3-26-16-9-7-15(8-10-16)22-18(23)12-17(19(22)24)21-11-5-6-14(13-21)20(25)27-4-2/h7-10,14,17H,3-6,11-13H2,1-2H3. The molecule has 0 aromatic heterocycles. The highest BCUT2D eigenvalue weighted by Crippen LogP contribution is 2.30. The molecule has 2 heterocycles. The second-order valence-electron chi connectivity index (χ2n) is 6.80. The van der Waals surface area contributed by atoms with Crippen LogP contribution < -0.4 is 9.64 Å². The maximum atomic E-state index is 12.9. The maximum Gasteiger partial charge on any atom is 0.310 e. The molecule has 7 nitrogen and oxygen atoms in total. The number of rotatable bonds is 6. The zero-order chi connectivity index (χ0) is 19.4. The molecule has 2 aliphatic rings. The van der Waals surface area contributed by atoms with Crippen LogP contribution >= 0.6 is 0 Å². The molecule has 0 bridgehead atoms. The molecule has 3 rings (SSSR count). The van der Waals surface area contributed by atoms with Gasteiger partial charge in [0.25, 0.3) is 5.91 Å². The lowest BCUT2D eigenvalue weighted by molar-refractivity contribution is -0.150. The summed E-state index contributed by atoms with van der Waals surface area (Å²) in [7, 11) is 0. The van der Waals surface area contributed by atoms with Crippen LogP contribution in [0.3, 0.4) is 0 Å². The molecule has 2 saturated heterocycles. The molecule has 0 aliphatic carbocycles. The van der Waals surface area contributed by atoms with Crippen LogP contribution in [0.2, 0.25) is 0 Å². The molecule has 0 radical (unpaired) electrons. The van der Waals surface area contributed by atoms with E-state index in [-0.39, 0.29) is 30.1 Å². The Morgan fingerprint density at radius 2 is 1.89 bits per heavy atom. The molecule has 1 aromatic carbocycles. The average Bonchev–Trinajstić information content (AvgIpc) is 2.97. The van der Waals surface area contributed by atoms with Crippen LogP contribution in [0.1, 0.15) is 33.1 Å². The summed E-state index contributed by atoms with van der Waals surface area (Å²) < 4.78 is 10.5. The summed E-state index contributed by atoms with van der Waals surface area (Å²) >= 11 is 0. The third-order valence-corrected chi connectivity index (χ3v) is 5.04. The predicted molar refractivity (Wildman–Crippen MR) is 99.4 cm³/mol. The molecule has 1 aromatic rings. The van der Waals surface area contributed by atoms with Gasteiger partial charge in [-0.25, -0.2) is 4.90 Å². The number of benzene rings is 1. The number of carbonyl (C=O) groups is 3. The van der Waals surface area contributed by atoms with Crippen molar-refractivity contribution in [3.05, 3.63) is 24.3 Å².